The Kier molecular flexibility index (Phi) is 8.12. The van der Waals surface area contributed by atoms with Gasteiger partial charge in [-0.25, -0.2) is 0 Å². The van der Waals surface area contributed by atoms with Crippen molar-refractivity contribution in [2.24, 2.45) is 5.73 Å². The van der Waals surface area contributed by atoms with Crippen molar-refractivity contribution >= 4 is 12.6 Å². The minimum Gasteiger partial charge on any atom is -0.497 e. The lowest BCUT2D eigenvalue weighted by molar-refractivity contribution is 0.392. The molecule has 1 aliphatic rings. The Balaban J connectivity index is 0.000000659. The van der Waals surface area contributed by atoms with E-state index in [0.717, 1.165) is 18.6 Å². The first-order chi connectivity index (χ1) is 8.63. The Morgan fingerprint density at radius 1 is 1.28 bits per heavy atom. The second-order valence-electron chi connectivity index (χ2n) is 4.29. The molecule has 1 unspecified atom stereocenters. The van der Waals surface area contributed by atoms with Gasteiger partial charge in [0.25, 0.3) is 0 Å². The summed E-state index contributed by atoms with van der Waals surface area (Å²) >= 11 is 3.53. The maximum atomic E-state index is 6.26. The fourth-order valence-electron chi connectivity index (χ4n) is 2.21. The number of benzene rings is 1. The summed E-state index contributed by atoms with van der Waals surface area (Å²) in [7, 11) is 1.69. The molecule has 0 bridgehead atoms. The summed E-state index contributed by atoms with van der Waals surface area (Å²) in [5.41, 5.74) is 8.71. The highest BCUT2D eigenvalue weighted by atomic mass is 32.1. The minimum atomic E-state index is -0.178. The number of aryl methyl sites for hydroxylation is 1. The van der Waals surface area contributed by atoms with Crippen LogP contribution in [0.4, 0.5) is 0 Å². The molecule has 0 aromatic heterocycles. The van der Waals surface area contributed by atoms with E-state index in [1.54, 1.807) is 13.4 Å². The molecule has 2 rings (SSSR count). The van der Waals surface area contributed by atoms with Crippen molar-refractivity contribution in [1.82, 2.24) is 0 Å². The molecule has 0 saturated carbocycles. The van der Waals surface area contributed by atoms with Crippen molar-refractivity contribution in [1.29, 1.82) is 0 Å². The first kappa shape index (κ1) is 17.3. The third-order valence-corrected chi connectivity index (χ3v) is 3.07. The summed E-state index contributed by atoms with van der Waals surface area (Å²) in [6.45, 7) is 6.10. The second-order valence-corrected chi connectivity index (χ2v) is 4.29. The summed E-state index contributed by atoms with van der Waals surface area (Å²) in [5.74, 6) is 0.905. The summed E-state index contributed by atoms with van der Waals surface area (Å²) in [6.07, 6.45) is 5.09. The van der Waals surface area contributed by atoms with Crippen molar-refractivity contribution in [3.8, 4) is 5.75 Å². The number of rotatable bonds is 1. The van der Waals surface area contributed by atoms with Crippen molar-refractivity contribution in [2.45, 2.75) is 45.6 Å². The molecule has 0 radical (unpaired) electrons. The second kappa shape index (κ2) is 8.44. The molecule has 2 nitrogen and oxygen atoms in total. The van der Waals surface area contributed by atoms with Gasteiger partial charge in [0.1, 0.15) is 5.75 Å². The Bertz CT molecular complexity index is 350. The lowest BCUT2D eigenvalue weighted by atomic mass is 9.78. The average molecular weight is 269 g/mol. The van der Waals surface area contributed by atoms with E-state index in [-0.39, 0.29) is 5.54 Å². The summed E-state index contributed by atoms with van der Waals surface area (Å²) < 4.78 is 5.22. The molecular weight excluding hydrogens is 242 g/mol. The van der Waals surface area contributed by atoms with Crippen LogP contribution in [0.25, 0.3) is 0 Å². The molecule has 1 aromatic rings. The number of ether oxygens (including phenoxy) is 1. The highest BCUT2D eigenvalue weighted by molar-refractivity contribution is 7.79. The molecule has 1 aliphatic carbocycles. The van der Waals surface area contributed by atoms with Crippen LogP contribution in [0.1, 0.15) is 44.7 Å². The maximum Gasteiger partial charge on any atom is 0.119 e. The molecule has 2 N–H and O–H groups in total. The predicted molar refractivity (Wildman–Crippen MR) is 83.7 cm³/mol. The van der Waals surface area contributed by atoms with Crippen molar-refractivity contribution in [3.63, 3.8) is 0 Å². The lowest BCUT2D eigenvalue weighted by Crippen LogP contribution is -2.36. The lowest BCUT2D eigenvalue weighted by Gasteiger charge is -2.32. The molecule has 0 heterocycles. The number of hydrogen-bond acceptors (Lipinski definition) is 3. The van der Waals surface area contributed by atoms with Gasteiger partial charge >= 0.3 is 0 Å². The minimum absolute atomic E-state index is 0.178. The van der Waals surface area contributed by atoms with E-state index >= 15 is 0 Å². The number of methoxy groups -OCH3 is 1. The molecule has 0 fully saturated rings. The van der Waals surface area contributed by atoms with Crippen LogP contribution in [-0.2, 0) is 12.0 Å². The summed E-state index contributed by atoms with van der Waals surface area (Å²) in [6, 6.07) is 6.23. The van der Waals surface area contributed by atoms with Crippen LogP contribution >= 0.6 is 12.6 Å². The number of nitrogens with two attached hydrogens (primary N) is 1. The molecule has 1 aromatic carbocycles. The molecule has 104 valence electrons. The maximum absolute atomic E-state index is 6.26. The third-order valence-electron chi connectivity index (χ3n) is 3.07. The van der Waals surface area contributed by atoms with Crippen LogP contribution < -0.4 is 10.5 Å². The highest BCUT2D eigenvalue weighted by Gasteiger charge is 2.27. The molecule has 3 heteroatoms. The van der Waals surface area contributed by atoms with Crippen LogP contribution in [0, 0.1) is 0 Å². The van der Waals surface area contributed by atoms with Gasteiger partial charge in [-0.15, -0.1) is 0 Å². The molecule has 1 atom stereocenters. The fourth-order valence-corrected chi connectivity index (χ4v) is 2.21. The summed E-state index contributed by atoms with van der Waals surface area (Å²) in [4.78, 5) is 0. The monoisotopic (exact) mass is 269 g/mol. The van der Waals surface area contributed by atoms with Gasteiger partial charge < -0.3 is 10.5 Å². The van der Waals surface area contributed by atoms with E-state index < -0.39 is 0 Å². The van der Waals surface area contributed by atoms with Crippen LogP contribution in [0.15, 0.2) is 18.2 Å². The SMILES string of the molecule is CC.COc1ccc2c(c1)C(C)(N)CCC2.CS. The van der Waals surface area contributed by atoms with E-state index in [4.69, 9.17) is 10.5 Å². The molecular formula is C15H27NOS. The van der Waals surface area contributed by atoms with Crippen molar-refractivity contribution < 1.29 is 4.74 Å². The Hall–Kier alpha value is -0.670. The fraction of sp³-hybridized carbons (Fsp3) is 0.600. The van der Waals surface area contributed by atoms with Gasteiger partial charge in [0.2, 0.25) is 0 Å². The zero-order valence-corrected chi connectivity index (χ0v) is 13.2. The van der Waals surface area contributed by atoms with Gasteiger partial charge in [0.15, 0.2) is 0 Å². The molecule has 0 saturated heterocycles. The standard InChI is InChI=1S/C12H17NO.C2H6.CH4S/c1-12(13)7-3-4-9-5-6-10(14-2)8-11(9)12;2*1-2/h5-6,8H,3-4,7,13H2,1-2H3;1-2H3;2H,1H3. The molecule has 0 spiro atoms. The highest BCUT2D eigenvalue weighted by Crippen LogP contribution is 2.34. The van der Waals surface area contributed by atoms with Gasteiger partial charge in [-0.3, -0.25) is 0 Å². The van der Waals surface area contributed by atoms with Gasteiger partial charge in [-0.05, 0) is 55.7 Å². The Morgan fingerprint density at radius 2 is 1.89 bits per heavy atom. The van der Waals surface area contributed by atoms with Crippen molar-refractivity contribution in [3.05, 3.63) is 29.3 Å². The van der Waals surface area contributed by atoms with Gasteiger partial charge in [0.05, 0.1) is 7.11 Å². The molecule has 0 amide bonds. The van der Waals surface area contributed by atoms with Gasteiger partial charge in [-0.2, -0.15) is 12.6 Å². The first-order valence-corrected chi connectivity index (χ1v) is 7.44. The average Bonchev–Trinajstić information content (AvgIpc) is 2.43. The third kappa shape index (κ3) is 4.21. The zero-order valence-electron chi connectivity index (χ0n) is 12.3. The smallest absolute Gasteiger partial charge is 0.119 e. The predicted octanol–water partition coefficient (Wildman–Crippen LogP) is 3.78. The van der Waals surface area contributed by atoms with Gasteiger partial charge in [-0.1, -0.05) is 19.9 Å². The number of fused-ring (bicyclic) bond motifs is 1. The van der Waals surface area contributed by atoms with E-state index in [0.29, 0.717) is 0 Å². The number of thiol groups is 1. The van der Waals surface area contributed by atoms with Crippen LogP contribution in [0.3, 0.4) is 0 Å². The quantitative estimate of drug-likeness (QED) is 0.761. The molecule has 18 heavy (non-hydrogen) atoms. The van der Waals surface area contributed by atoms with Crippen LogP contribution in [-0.4, -0.2) is 13.4 Å². The Labute approximate surface area is 117 Å². The largest absolute Gasteiger partial charge is 0.497 e. The van der Waals surface area contributed by atoms with E-state index in [9.17, 15) is 0 Å². The normalized spacial score (nSPS) is 20.6. The van der Waals surface area contributed by atoms with Gasteiger partial charge in [0, 0.05) is 5.54 Å². The summed E-state index contributed by atoms with van der Waals surface area (Å²) in [5, 5.41) is 0. The van der Waals surface area contributed by atoms with E-state index in [2.05, 4.69) is 31.7 Å². The number of hydrogen-bond donors (Lipinski definition) is 2. The topological polar surface area (TPSA) is 35.2 Å². The van der Waals surface area contributed by atoms with Crippen LogP contribution in [0.2, 0.25) is 0 Å². The van der Waals surface area contributed by atoms with E-state index in [1.165, 1.54) is 17.5 Å². The Morgan fingerprint density at radius 3 is 2.44 bits per heavy atom. The first-order valence-electron chi connectivity index (χ1n) is 6.54. The molecule has 0 aliphatic heterocycles. The van der Waals surface area contributed by atoms with Crippen molar-refractivity contribution in [2.75, 3.05) is 13.4 Å². The zero-order chi connectivity index (χ0) is 14.2. The van der Waals surface area contributed by atoms with Crippen LogP contribution in [0.5, 0.6) is 5.75 Å². The van der Waals surface area contributed by atoms with E-state index in [1.807, 2.05) is 19.9 Å².